The molecule has 3 N–H and O–H groups in total. The highest BCUT2D eigenvalue weighted by atomic mass is 19.1. The molecule has 37 heavy (non-hydrogen) atoms. The summed E-state index contributed by atoms with van der Waals surface area (Å²) in [7, 11) is 0. The van der Waals surface area contributed by atoms with Crippen molar-refractivity contribution in [2.45, 2.75) is 25.0 Å². The number of aromatic amines is 1. The summed E-state index contributed by atoms with van der Waals surface area (Å²) in [5.41, 5.74) is 0.914. The Morgan fingerprint density at radius 3 is 2.78 bits per heavy atom. The van der Waals surface area contributed by atoms with Gasteiger partial charge in [0.05, 0.1) is 59.9 Å². The summed E-state index contributed by atoms with van der Waals surface area (Å²) in [6, 6.07) is 13.2. The van der Waals surface area contributed by atoms with Crippen LogP contribution in [0.3, 0.4) is 0 Å². The molecule has 0 bridgehead atoms. The van der Waals surface area contributed by atoms with E-state index in [0.717, 1.165) is 6.42 Å². The van der Waals surface area contributed by atoms with E-state index in [2.05, 4.69) is 15.3 Å². The molecule has 2 aromatic carbocycles. The number of pyridine rings is 1. The van der Waals surface area contributed by atoms with Gasteiger partial charge in [0.15, 0.2) is 11.5 Å². The number of carbonyl (C=O) groups is 1. The Labute approximate surface area is 212 Å². The number of aromatic nitrogens is 2. The standard InChI is InChI=1S/C28H26FN3O5/c1-2-35-22-13-31-27-24(25(22)32-28-11-20(28)23(14-33)36-15-28)19(12-30-27)26(34)18-9-8-17(10-21(18)29)37-16-6-4-3-5-7-16/h3-10,12-13,20,23,33H,2,11,14-15H2,1H3,(H2,30,31,32)/t20?,23-,28+/m1/s1. The van der Waals surface area contributed by atoms with Gasteiger partial charge in [0, 0.05) is 18.2 Å². The first kappa shape index (κ1) is 23.4. The first-order chi connectivity index (χ1) is 18.0. The van der Waals surface area contributed by atoms with Crippen molar-refractivity contribution in [1.82, 2.24) is 9.97 Å². The molecule has 6 rings (SSSR count). The van der Waals surface area contributed by atoms with Crippen molar-refractivity contribution in [2.24, 2.45) is 5.92 Å². The van der Waals surface area contributed by atoms with Gasteiger partial charge < -0.3 is 29.6 Å². The summed E-state index contributed by atoms with van der Waals surface area (Å²) >= 11 is 0. The Kier molecular flexibility index (Phi) is 5.81. The van der Waals surface area contributed by atoms with Gasteiger partial charge in [-0.15, -0.1) is 0 Å². The molecule has 2 fully saturated rings. The van der Waals surface area contributed by atoms with Gasteiger partial charge in [-0.2, -0.15) is 0 Å². The van der Waals surface area contributed by atoms with Gasteiger partial charge in [0.2, 0.25) is 0 Å². The van der Waals surface area contributed by atoms with Gasteiger partial charge in [-0.1, -0.05) is 18.2 Å². The van der Waals surface area contributed by atoms with Gasteiger partial charge in [-0.05, 0) is 37.6 Å². The number of fused-ring (bicyclic) bond motifs is 2. The molecule has 1 saturated heterocycles. The molecule has 8 nitrogen and oxygen atoms in total. The topological polar surface area (TPSA) is 106 Å². The van der Waals surface area contributed by atoms with Gasteiger partial charge in [0.25, 0.3) is 0 Å². The zero-order valence-electron chi connectivity index (χ0n) is 20.2. The number of halogens is 1. The molecule has 1 aliphatic heterocycles. The molecule has 3 atom stereocenters. The fraction of sp³-hybridized carbons (Fsp3) is 0.286. The second-order valence-corrected chi connectivity index (χ2v) is 9.37. The highest BCUT2D eigenvalue weighted by molar-refractivity contribution is 6.19. The third-order valence-corrected chi connectivity index (χ3v) is 7.07. The van der Waals surface area contributed by atoms with Gasteiger partial charge in [-0.25, -0.2) is 9.37 Å². The van der Waals surface area contributed by atoms with Crippen molar-refractivity contribution >= 4 is 22.5 Å². The first-order valence-electron chi connectivity index (χ1n) is 12.2. The SMILES string of the molecule is CCOc1cnc2[nH]cc(C(=O)c3ccc(Oc4ccccc4)cc3F)c2c1N[C@@]12CO[C@H](CO)C1C2. The summed E-state index contributed by atoms with van der Waals surface area (Å²) in [6.07, 6.45) is 3.75. The summed E-state index contributed by atoms with van der Waals surface area (Å²) in [6.45, 7) is 2.66. The highest BCUT2D eigenvalue weighted by Gasteiger charge is 2.63. The number of para-hydroxylation sites is 1. The third kappa shape index (κ3) is 4.10. The molecule has 9 heteroatoms. The second kappa shape index (κ2) is 9.17. The van der Waals surface area contributed by atoms with Crippen LogP contribution in [0, 0.1) is 11.7 Å². The van der Waals surface area contributed by atoms with Crippen LogP contribution in [0.15, 0.2) is 60.9 Å². The van der Waals surface area contributed by atoms with Crippen LogP contribution in [0.4, 0.5) is 10.1 Å². The van der Waals surface area contributed by atoms with E-state index in [-0.39, 0.29) is 35.3 Å². The third-order valence-electron chi connectivity index (χ3n) is 7.07. The maximum absolute atomic E-state index is 15.2. The number of ether oxygens (including phenoxy) is 3. The Bertz CT molecular complexity index is 1470. The zero-order chi connectivity index (χ0) is 25.6. The maximum Gasteiger partial charge on any atom is 0.198 e. The monoisotopic (exact) mass is 503 g/mol. The van der Waals surface area contributed by atoms with Crippen molar-refractivity contribution < 1.29 is 28.5 Å². The van der Waals surface area contributed by atoms with E-state index in [4.69, 9.17) is 14.2 Å². The molecule has 0 amide bonds. The number of nitrogens with one attached hydrogen (secondary N) is 2. The molecule has 1 unspecified atom stereocenters. The fourth-order valence-electron chi connectivity index (χ4n) is 5.13. The lowest BCUT2D eigenvalue weighted by Crippen LogP contribution is -2.26. The minimum atomic E-state index is -0.688. The highest BCUT2D eigenvalue weighted by Crippen LogP contribution is 2.55. The van der Waals surface area contributed by atoms with Crippen molar-refractivity contribution in [1.29, 1.82) is 0 Å². The van der Waals surface area contributed by atoms with E-state index < -0.39 is 11.6 Å². The molecule has 2 aliphatic rings. The maximum atomic E-state index is 15.2. The largest absolute Gasteiger partial charge is 0.490 e. The number of nitrogens with zero attached hydrogens (tertiary/aromatic N) is 1. The number of H-pyrrole nitrogens is 1. The van der Waals surface area contributed by atoms with Crippen LogP contribution < -0.4 is 14.8 Å². The summed E-state index contributed by atoms with van der Waals surface area (Å²) in [5, 5.41) is 13.7. The van der Waals surface area contributed by atoms with E-state index in [9.17, 15) is 9.90 Å². The van der Waals surface area contributed by atoms with Crippen LogP contribution in [0.25, 0.3) is 11.0 Å². The lowest BCUT2D eigenvalue weighted by molar-refractivity contribution is 0.0337. The summed E-state index contributed by atoms with van der Waals surface area (Å²) < 4.78 is 32.5. The van der Waals surface area contributed by atoms with E-state index in [1.54, 1.807) is 30.6 Å². The van der Waals surface area contributed by atoms with Gasteiger partial charge in [0.1, 0.15) is 23.0 Å². The van der Waals surface area contributed by atoms with Crippen LogP contribution in [0.1, 0.15) is 29.3 Å². The molecule has 1 aliphatic carbocycles. The Balaban J connectivity index is 1.36. The van der Waals surface area contributed by atoms with Crippen LogP contribution in [0.5, 0.6) is 17.2 Å². The van der Waals surface area contributed by atoms with Crippen molar-refractivity contribution in [3.63, 3.8) is 0 Å². The first-order valence-corrected chi connectivity index (χ1v) is 12.2. The summed E-state index contributed by atoms with van der Waals surface area (Å²) in [4.78, 5) is 21.1. The Morgan fingerprint density at radius 2 is 2.08 bits per heavy atom. The molecular weight excluding hydrogens is 477 g/mol. The molecule has 2 aromatic heterocycles. The predicted octanol–water partition coefficient (Wildman–Crippen LogP) is 4.69. The lowest BCUT2D eigenvalue weighted by Gasteiger charge is -2.20. The number of carbonyl (C=O) groups excluding carboxylic acids is 1. The van der Waals surface area contributed by atoms with Crippen molar-refractivity contribution in [3.8, 4) is 17.2 Å². The van der Waals surface area contributed by atoms with Gasteiger partial charge in [-0.3, -0.25) is 4.79 Å². The van der Waals surface area contributed by atoms with Crippen LogP contribution in [0.2, 0.25) is 0 Å². The molecule has 190 valence electrons. The van der Waals surface area contributed by atoms with E-state index in [0.29, 0.717) is 47.2 Å². The van der Waals surface area contributed by atoms with E-state index in [1.165, 1.54) is 12.1 Å². The molecule has 0 radical (unpaired) electrons. The molecule has 1 saturated carbocycles. The number of ketones is 1. The fourth-order valence-corrected chi connectivity index (χ4v) is 5.13. The minimum absolute atomic E-state index is 0.0463. The molecule has 3 heterocycles. The van der Waals surface area contributed by atoms with E-state index in [1.807, 2.05) is 25.1 Å². The predicted molar refractivity (Wildman–Crippen MR) is 135 cm³/mol. The van der Waals surface area contributed by atoms with Crippen molar-refractivity contribution in [2.75, 3.05) is 25.1 Å². The lowest BCUT2D eigenvalue weighted by atomic mass is 10.0. The van der Waals surface area contributed by atoms with Crippen LogP contribution in [-0.4, -0.2) is 52.3 Å². The van der Waals surface area contributed by atoms with Crippen LogP contribution in [-0.2, 0) is 4.74 Å². The number of anilines is 1. The molecule has 0 spiro atoms. The number of benzene rings is 2. The quantitative estimate of drug-likeness (QED) is 0.285. The van der Waals surface area contributed by atoms with Crippen molar-refractivity contribution in [3.05, 3.63) is 77.9 Å². The Hall–Kier alpha value is -3.95. The number of aliphatic hydroxyl groups is 1. The Morgan fingerprint density at radius 1 is 1.24 bits per heavy atom. The van der Waals surface area contributed by atoms with Crippen LogP contribution >= 0.6 is 0 Å². The average Bonchev–Trinajstić information content (AvgIpc) is 3.26. The number of rotatable bonds is 9. The molecule has 4 aromatic rings. The van der Waals surface area contributed by atoms with E-state index >= 15 is 4.39 Å². The average molecular weight is 504 g/mol. The normalized spacial score (nSPS) is 22.0. The number of aliphatic hydroxyl groups excluding tert-OH is 1. The number of hydrogen-bond acceptors (Lipinski definition) is 7. The molecular formula is C28H26FN3O5. The number of hydrogen-bond donors (Lipinski definition) is 3. The smallest absolute Gasteiger partial charge is 0.198 e. The summed E-state index contributed by atoms with van der Waals surface area (Å²) in [5.74, 6) is 0.327. The second-order valence-electron chi connectivity index (χ2n) is 9.37. The van der Waals surface area contributed by atoms with Gasteiger partial charge >= 0.3 is 0 Å². The zero-order valence-corrected chi connectivity index (χ0v) is 20.2. The minimum Gasteiger partial charge on any atom is -0.490 e.